The van der Waals surface area contributed by atoms with Gasteiger partial charge in [0.25, 0.3) is 0 Å². The van der Waals surface area contributed by atoms with Crippen molar-refractivity contribution in [2.45, 2.75) is 57.8 Å². The van der Waals surface area contributed by atoms with E-state index in [1.165, 1.54) is 0 Å². The molecule has 0 radical (unpaired) electrons. The number of carbonyl (C=O) groups is 2. The molecule has 4 rings (SSSR count). The molecule has 0 saturated carbocycles. The highest BCUT2D eigenvalue weighted by molar-refractivity contribution is 6.06. The molecule has 158 valence electrons. The van der Waals surface area contributed by atoms with Crippen molar-refractivity contribution in [2.75, 3.05) is 13.7 Å². The van der Waals surface area contributed by atoms with Crippen LogP contribution in [0, 0.1) is 0 Å². The van der Waals surface area contributed by atoms with E-state index < -0.39 is 0 Å². The first-order valence-corrected chi connectivity index (χ1v) is 10.8. The fourth-order valence-corrected chi connectivity index (χ4v) is 4.93. The van der Waals surface area contributed by atoms with Crippen molar-refractivity contribution < 1.29 is 19.1 Å². The summed E-state index contributed by atoms with van der Waals surface area (Å²) in [4.78, 5) is 26.0. The van der Waals surface area contributed by atoms with Crippen LogP contribution in [0.15, 0.2) is 47.3 Å². The zero-order chi connectivity index (χ0) is 21.3. The number of hydrogen-bond acceptors (Lipinski definition) is 5. The summed E-state index contributed by atoms with van der Waals surface area (Å²) in [6.07, 6.45) is 6.89. The van der Waals surface area contributed by atoms with E-state index in [2.05, 4.69) is 18.0 Å². The summed E-state index contributed by atoms with van der Waals surface area (Å²) < 4.78 is 11.5. The number of nitrogens with one attached hydrogen (secondary N) is 1. The molecule has 3 aliphatic rings. The van der Waals surface area contributed by atoms with Crippen LogP contribution in [0.1, 0.15) is 62.5 Å². The predicted molar refractivity (Wildman–Crippen MR) is 116 cm³/mol. The van der Waals surface area contributed by atoms with Crippen LogP contribution in [0.2, 0.25) is 0 Å². The van der Waals surface area contributed by atoms with Gasteiger partial charge in [-0.15, -0.1) is 6.58 Å². The van der Waals surface area contributed by atoms with Crippen molar-refractivity contribution >= 4 is 11.6 Å². The fraction of sp³-hybridized carbons (Fsp3) is 0.440. The van der Waals surface area contributed by atoms with Gasteiger partial charge in [0.1, 0.15) is 0 Å². The molecule has 0 spiro atoms. The largest absolute Gasteiger partial charge is 0.493 e. The lowest BCUT2D eigenvalue weighted by Gasteiger charge is -2.37. The minimum atomic E-state index is -0.343. The van der Waals surface area contributed by atoms with Gasteiger partial charge >= 0.3 is 0 Å². The summed E-state index contributed by atoms with van der Waals surface area (Å²) in [7, 11) is 1.62. The quantitative estimate of drug-likeness (QED) is 0.702. The second-order valence-electron chi connectivity index (χ2n) is 8.03. The van der Waals surface area contributed by atoms with Crippen LogP contribution in [0.4, 0.5) is 0 Å². The molecule has 0 bridgehead atoms. The van der Waals surface area contributed by atoms with Crippen molar-refractivity contribution in [3.63, 3.8) is 0 Å². The fourth-order valence-electron chi connectivity index (χ4n) is 4.93. The summed E-state index contributed by atoms with van der Waals surface area (Å²) in [5, 5.41) is 3.46. The Morgan fingerprint density at radius 3 is 2.23 bits per heavy atom. The van der Waals surface area contributed by atoms with Gasteiger partial charge in [0.05, 0.1) is 13.7 Å². The monoisotopic (exact) mass is 407 g/mol. The van der Waals surface area contributed by atoms with Gasteiger partial charge in [0, 0.05) is 46.9 Å². The Kier molecular flexibility index (Phi) is 5.80. The molecule has 0 amide bonds. The highest BCUT2D eigenvalue weighted by atomic mass is 16.5. The van der Waals surface area contributed by atoms with E-state index in [0.29, 0.717) is 37.4 Å². The molecule has 5 heteroatoms. The molecule has 2 aliphatic carbocycles. The maximum Gasteiger partial charge on any atom is 0.164 e. The number of Topliss-reactive ketones (excluding diaryl/α,β-unsaturated/α-hetero) is 2. The van der Waals surface area contributed by atoms with Crippen molar-refractivity contribution in [3.05, 3.63) is 58.5 Å². The molecule has 0 saturated heterocycles. The molecule has 30 heavy (non-hydrogen) atoms. The lowest BCUT2D eigenvalue weighted by Crippen LogP contribution is -2.36. The summed E-state index contributed by atoms with van der Waals surface area (Å²) >= 11 is 0. The van der Waals surface area contributed by atoms with Gasteiger partial charge in [-0.2, -0.15) is 0 Å². The normalized spacial score (nSPS) is 19.3. The van der Waals surface area contributed by atoms with Crippen molar-refractivity contribution in [2.24, 2.45) is 0 Å². The van der Waals surface area contributed by atoms with Crippen LogP contribution < -0.4 is 14.8 Å². The van der Waals surface area contributed by atoms with Crippen LogP contribution in [0.5, 0.6) is 11.5 Å². The Hall–Kier alpha value is -2.82. The second kappa shape index (κ2) is 8.50. The smallest absolute Gasteiger partial charge is 0.164 e. The van der Waals surface area contributed by atoms with E-state index in [4.69, 9.17) is 9.47 Å². The van der Waals surface area contributed by atoms with Gasteiger partial charge in [0.2, 0.25) is 0 Å². The van der Waals surface area contributed by atoms with Gasteiger partial charge in [-0.05, 0) is 50.7 Å². The summed E-state index contributed by atoms with van der Waals surface area (Å²) in [5.74, 6) is 1.25. The summed E-state index contributed by atoms with van der Waals surface area (Å²) in [6, 6.07) is 4.00. The first kappa shape index (κ1) is 20.5. The number of ether oxygens (including phenoxy) is 2. The third kappa shape index (κ3) is 3.47. The number of rotatable bonds is 6. The molecule has 1 aliphatic heterocycles. The van der Waals surface area contributed by atoms with Gasteiger partial charge in [-0.3, -0.25) is 9.59 Å². The summed E-state index contributed by atoms with van der Waals surface area (Å²) in [5.41, 5.74) is 5.36. The Labute approximate surface area is 177 Å². The van der Waals surface area contributed by atoms with Crippen LogP contribution in [0.25, 0.3) is 0 Å². The molecule has 1 N–H and O–H groups in total. The molecule has 1 aromatic rings. The SMILES string of the molecule is C=CCc1cc(C2C3=C(CCCC3=O)NC3=C2C(=O)CCC3)cc(OC)c1OCC. The number of methoxy groups -OCH3 is 1. The lowest BCUT2D eigenvalue weighted by atomic mass is 9.71. The molecule has 1 heterocycles. The van der Waals surface area contributed by atoms with E-state index in [9.17, 15) is 9.59 Å². The second-order valence-corrected chi connectivity index (χ2v) is 8.03. The van der Waals surface area contributed by atoms with Crippen LogP contribution in [0.3, 0.4) is 0 Å². The number of hydrogen-bond donors (Lipinski definition) is 1. The van der Waals surface area contributed by atoms with E-state index in [0.717, 1.165) is 59.4 Å². The van der Waals surface area contributed by atoms with Crippen LogP contribution in [-0.2, 0) is 16.0 Å². The lowest BCUT2D eigenvalue weighted by molar-refractivity contribution is -0.116. The standard InChI is InChI=1S/C25H29NO4/c1-4-8-15-13-16(14-21(29-3)25(15)30-5-2)22-23-17(9-6-11-19(23)27)26-18-10-7-12-20(28)24(18)22/h4,13-14,22,26H,1,5-12H2,2-3H3. The van der Waals surface area contributed by atoms with Crippen LogP contribution in [-0.4, -0.2) is 25.3 Å². The maximum atomic E-state index is 13.0. The molecule has 0 fully saturated rings. The van der Waals surface area contributed by atoms with Crippen molar-refractivity contribution in [1.82, 2.24) is 5.32 Å². The Morgan fingerprint density at radius 1 is 1.07 bits per heavy atom. The Balaban J connectivity index is 1.93. The zero-order valence-corrected chi connectivity index (χ0v) is 17.8. The molecular formula is C25H29NO4. The molecule has 0 unspecified atom stereocenters. The molecule has 5 nitrogen and oxygen atoms in total. The third-order valence-corrected chi connectivity index (χ3v) is 6.15. The van der Waals surface area contributed by atoms with E-state index in [1.807, 2.05) is 19.1 Å². The maximum absolute atomic E-state index is 13.0. The van der Waals surface area contributed by atoms with Gasteiger partial charge < -0.3 is 14.8 Å². The minimum Gasteiger partial charge on any atom is -0.493 e. The highest BCUT2D eigenvalue weighted by Gasteiger charge is 2.40. The van der Waals surface area contributed by atoms with Gasteiger partial charge in [0.15, 0.2) is 23.1 Å². The van der Waals surface area contributed by atoms with E-state index in [1.54, 1.807) is 7.11 Å². The van der Waals surface area contributed by atoms with Gasteiger partial charge in [-0.1, -0.05) is 12.1 Å². The minimum absolute atomic E-state index is 0.136. The summed E-state index contributed by atoms with van der Waals surface area (Å²) in [6.45, 7) is 6.34. The van der Waals surface area contributed by atoms with Crippen molar-refractivity contribution in [3.8, 4) is 11.5 Å². The highest BCUT2D eigenvalue weighted by Crippen LogP contribution is 2.47. The Bertz CT molecular complexity index is 928. The number of benzene rings is 1. The molecular weight excluding hydrogens is 378 g/mol. The number of carbonyl (C=O) groups excluding carboxylic acids is 2. The third-order valence-electron chi connectivity index (χ3n) is 6.15. The zero-order valence-electron chi connectivity index (χ0n) is 17.8. The number of allylic oxidation sites excluding steroid dienone is 5. The van der Waals surface area contributed by atoms with Crippen LogP contribution >= 0.6 is 0 Å². The topological polar surface area (TPSA) is 64.6 Å². The average molecular weight is 408 g/mol. The first-order chi connectivity index (χ1) is 14.6. The average Bonchev–Trinajstić information content (AvgIpc) is 2.74. The Morgan fingerprint density at radius 2 is 1.70 bits per heavy atom. The van der Waals surface area contributed by atoms with E-state index in [-0.39, 0.29) is 17.5 Å². The molecule has 1 aromatic carbocycles. The molecule has 0 atom stereocenters. The predicted octanol–water partition coefficient (Wildman–Crippen LogP) is 4.52. The van der Waals surface area contributed by atoms with E-state index >= 15 is 0 Å². The van der Waals surface area contributed by atoms with Crippen molar-refractivity contribution in [1.29, 1.82) is 0 Å². The van der Waals surface area contributed by atoms with Gasteiger partial charge in [-0.25, -0.2) is 0 Å². The number of ketones is 2. The molecule has 0 aromatic heterocycles. The first-order valence-electron chi connectivity index (χ1n) is 10.8. The number of dihydropyridines is 1.